The Balaban J connectivity index is 2.17. The predicted octanol–water partition coefficient (Wildman–Crippen LogP) is 4.43. The molecule has 0 aliphatic rings. The number of rotatable bonds is 4. The molecule has 2 aromatic rings. The van der Waals surface area contributed by atoms with E-state index >= 15 is 0 Å². The molecule has 0 heterocycles. The average Bonchev–Trinajstić information content (AvgIpc) is 2.47. The van der Waals surface area contributed by atoms with Crippen LogP contribution in [0.15, 0.2) is 51.8 Å². The van der Waals surface area contributed by atoms with Gasteiger partial charge in [-0.1, -0.05) is 6.07 Å². The van der Waals surface area contributed by atoms with Gasteiger partial charge in [-0.2, -0.15) is 0 Å². The molecule has 0 aliphatic heterocycles. The third-order valence-electron chi connectivity index (χ3n) is 2.74. The number of carbonyl (C=O) groups excluding carboxylic acids is 1. The summed E-state index contributed by atoms with van der Waals surface area (Å²) in [6, 6.07) is 13.0. The summed E-state index contributed by atoms with van der Waals surface area (Å²) in [6.45, 7) is 0. The minimum atomic E-state index is -0.147. The summed E-state index contributed by atoms with van der Waals surface area (Å²) in [5.41, 5.74) is 1.36. The molecule has 0 aromatic heterocycles. The first-order chi connectivity index (χ1) is 9.63. The zero-order chi connectivity index (χ0) is 14.5. The molecule has 0 saturated heterocycles. The molecular weight excluding hydrogens is 338 g/mol. The van der Waals surface area contributed by atoms with Gasteiger partial charge in [0.15, 0.2) is 0 Å². The van der Waals surface area contributed by atoms with E-state index in [1.165, 1.54) is 0 Å². The Hall–Kier alpha value is -1.46. The first-order valence-electron chi connectivity index (χ1n) is 5.93. The summed E-state index contributed by atoms with van der Waals surface area (Å²) in [7, 11) is 1.59. The Morgan fingerprint density at radius 2 is 2.05 bits per heavy atom. The first-order valence-corrected chi connectivity index (χ1v) is 7.94. The number of halogens is 1. The normalized spacial score (nSPS) is 10.2. The standard InChI is InChI=1S/C15H14BrNO2S/c1-19-14-7-6-10(8-13(14)16)15(18)17-11-4-3-5-12(9-11)20-2/h3-9H,1-2H3,(H,17,18). The van der Waals surface area contributed by atoms with Gasteiger partial charge in [-0.25, -0.2) is 0 Å². The van der Waals surface area contributed by atoms with Gasteiger partial charge in [0.05, 0.1) is 11.6 Å². The van der Waals surface area contributed by atoms with Gasteiger partial charge in [0.2, 0.25) is 0 Å². The van der Waals surface area contributed by atoms with Gasteiger partial charge in [0.25, 0.3) is 5.91 Å². The molecule has 1 amide bonds. The van der Waals surface area contributed by atoms with E-state index in [-0.39, 0.29) is 5.91 Å². The number of anilines is 1. The van der Waals surface area contributed by atoms with Crippen molar-refractivity contribution in [1.29, 1.82) is 0 Å². The van der Waals surface area contributed by atoms with Crippen molar-refractivity contribution in [3.63, 3.8) is 0 Å². The third-order valence-corrected chi connectivity index (χ3v) is 4.09. The van der Waals surface area contributed by atoms with Crippen molar-refractivity contribution in [2.75, 3.05) is 18.7 Å². The summed E-state index contributed by atoms with van der Waals surface area (Å²) in [4.78, 5) is 13.3. The maximum Gasteiger partial charge on any atom is 0.255 e. The van der Waals surface area contributed by atoms with Crippen LogP contribution in [0.4, 0.5) is 5.69 Å². The van der Waals surface area contributed by atoms with Crippen LogP contribution in [-0.2, 0) is 0 Å². The molecule has 0 unspecified atom stereocenters. The fourth-order valence-electron chi connectivity index (χ4n) is 1.71. The number of nitrogens with one attached hydrogen (secondary N) is 1. The zero-order valence-electron chi connectivity index (χ0n) is 11.1. The van der Waals surface area contributed by atoms with E-state index < -0.39 is 0 Å². The quantitative estimate of drug-likeness (QED) is 0.828. The fraction of sp³-hybridized carbons (Fsp3) is 0.133. The van der Waals surface area contributed by atoms with E-state index in [1.54, 1.807) is 37.1 Å². The Morgan fingerprint density at radius 3 is 2.70 bits per heavy atom. The lowest BCUT2D eigenvalue weighted by atomic mass is 10.2. The molecule has 0 aliphatic carbocycles. The van der Waals surface area contributed by atoms with Crippen molar-refractivity contribution in [2.45, 2.75) is 4.90 Å². The van der Waals surface area contributed by atoms with Gasteiger partial charge >= 0.3 is 0 Å². The summed E-state index contributed by atoms with van der Waals surface area (Å²) >= 11 is 5.01. The molecule has 5 heteroatoms. The van der Waals surface area contributed by atoms with Gasteiger partial charge in [0, 0.05) is 16.1 Å². The second kappa shape index (κ2) is 6.81. The molecule has 0 bridgehead atoms. The topological polar surface area (TPSA) is 38.3 Å². The molecule has 1 N–H and O–H groups in total. The fourth-order valence-corrected chi connectivity index (χ4v) is 2.71. The Labute approximate surface area is 130 Å². The Kier molecular flexibility index (Phi) is 5.09. The van der Waals surface area contributed by atoms with Crippen molar-refractivity contribution >= 4 is 39.3 Å². The van der Waals surface area contributed by atoms with E-state index in [4.69, 9.17) is 4.74 Å². The number of ether oxygens (including phenoxy) is 1. The number of methoxy groups -OCH3 is 1. The molecule has 0 fully saturated rings. The summed E-state index contributed by atoms with van der Waals surface area (Å²) in [5.74, 6) is 0.553. The van der Waals surface area contributed by atoms with Crippen LogP contribution in [0.2, 0.25) is 0 Å². The molecule has 2 aromatic carbocycles. The molecule has 0 atom stereocenters. The predicted molar refractivity (Wildman–Crippen MR) is 86.9 cm³/mol. The van der Waals surface area contributed by atoms with Gasteiger partial charge in [-0.15, -0.1) is 11.8 Å². The molecule has 0 saturated carbocycles. The highest BCUT2D eigenvalue weighted by atomic mass is 79.9. The van der Waals surface area contributed by atoms with E-state index in [2.05, 4.69) is 21.2 Å². The number of amides is 1. The van der Waals surface area contributed by atoms with E-state index in [1.807, 2.05) is 30.5 Å². The molecule has 0 radical (unpaired) electrons. The van der Waals surface area contributed by atoms with Crippen molar-refractivity contribution in [2.24, 2.45) is 0 Å². The van der Waals surface area contributed by atoms with Crippen molar-refractivity contribution < 1.29 is 9.53 Å². The van der Waals surface area contributed by atoms with E-state index in [0.717, 1.165) is 15.1 Å². The zero-order valence-corrected chi connectivity index (χ0v) is 13.5. The number of thioether (sulfide) groups is 1. The lowest BCUT2D eigenvalue weighted by Gasteiger charge is -2.08. The van der Waals surface area contributed by atoms with Crippen LogP contribution < -0.4 is 10.1 Å². The second-order valence-corrected chi connectivity index (χ2v) is 5.77. The number of hydrogen-bond acceptors (Lipinski definition) is 3. The summed E-state index contributed by atoms with van der Waals surface area (Å²) < 4.78 is 5.90. The van der Waals surface area contributed by atoms with Crippen LogP contribution >= 0.6 is 27.7 Å². The van der Waals surface area contributed by atoms with Crippen LogP contribution in [0.1, 0.15) is 10.4 Å². The van der Waals surface area contributed by atoms with Crippen LogP contribution in [0.3, 0.4) is 0 Å². The third kappa shape index (κ3) is 3.55. The molecule has 0 spiro atoms. The molecule has 2 rings (SSSR count). The van der Waals surface area contributed by atoms with Crippen molar-refractivity contribution in [3.8, 4) is 5.75 Å². The molecular formula is C15H14BrNO2S. The van der Waals surface area contributed by atoms with Gasteiger partial charge in [0.1, 0.15) is 5.75 Å². The van der Waals surface area contributed by atoms with Crippen LogP contribution in [0.25, 0.3) is 0 Å². The van der Waals surface area contributed by atoms with E-state index in [9.17, 15) is 4.79 Å². The molecule has 104 valence electrons. The molecule has 20 heavy (non-hydrogen) atoms. The van der Waals surface area contributed by atoms with Gasteiger partial charge in [-0.3, -0.25) is 4.79 Å². The summed E-state index contributed by atoms with van der Waals surface area (Å²) in [5, 5.41) is 2.88. The largest absolute Gasteiger partial charge is 0.496 e. The number of benzene rings is 2. The van der Waals surface area contributed by atoms with Gasteiger partial charge < -0.3 is 10.1 Å². The number of carbonyl (C=O) groups is 1. The van der Waals surface area contributed by atoms with Crippen molar-refractivity contribution in [1.82, 2.24) is 0 Å². The Bertz CT molecular complexity index is 631. The van der Waals surface area contributed by atoms with Gasteiger partial charge in [-0.05, 0) is 58.6 Å². The minimum Gasteiger partial charge on any atom is -0.496 e. The maximum atomic E-state index is 12.2. The highest BCUT2D eigenvalue weighted by Crippen LogP contribution is 2.26. The lowest BCUT2D eigenvalue weighted by Crippen LogP contribution is -2.11. The van der Waals surface area contributed by atoms with Crippen molar-refractivity contribution in [3.05, 3.63) is 52.5 Å². The first kappa shape index (κ1) is 14.9. The highest BCUT2D eigenvalue weighted by Gasteiger charge is 2.09. The molecule has 3 nitrogen and oxygen atoms in total. The average molecular weight is 352 g/mol. The maximum absolute atomic E-state index is 12.2. The number of hydrogen-bond donors (Lipinski definition) is 1. The monoisotopic (exact) mass is 351 g/mol. The SMILES string of the molecule is COc1ccc(C(=O)Nc2cccc(SC)c2)cc1Br. The minimum absolute atomic E-state index is 0.147. The smallest absolute Gasteiger partial charge is 0.255 e. The second-order valence-electron chi connectivity index (χ2n) is 4.04. The van der Waals surface area contributed by atoms with Crippen LogP contribution in [-0.4, -0.2) is 19.3 Å². The summed E-state index contributed by atoms with van der Waals surface area (Å²) in [6.07, 6.45) is 2.00. The van der Waals surface area contributed by atoms with E-state index in [0.29, 0.717) is 11.3 Å². The lowest BCUT2D eigenvalue weighted by molar-refractivity contribution is 0.102. The highest BCUT2D eigenvalue weighted by molar-refractivity contribution is 9.10. The van der Waals surface area contributed by atoms with Crippen LogP contribution in [0.5, 0.6) is 5.75 Å². The van der Waals surface area contributed by atoms with Crippen LogP contribution in [0, 0.1) is 0 Å². The Morgan fingerprint density at radius 1 is 1.25 bits per heavy atom.